The van der Waals surface area contributed by atoms with Crippen molar-refractivity contribution in [2.75, 3.05) is 5.32 Å². The van der Waals surface area contributed by atoms with Crippen LogP contribution in [0.1, 0.15) is 30.2 Å². The molecule has 18 heavy (non-hydrogen) atoms. The molecule has 1 aliphatic carbocycles. The number of aryl methyl sites for hydroxylation is 1. The predicted octanol–water partition coefficient (Wildman–Crippen LogP) is 4.56. The van der Waals surface area contributed by atoms with Gasteiger partial charge >= 0.3 is 0 Å². The highest BCUT2D eigenvalue weighted by Crippen LogP contribution is 2.35. The van der Waals surface area contributed by atoms with Gasteiger partial charge in [-0.3, -0.25) is 0 Å². The zero-order valence-electron chi connectivity index (χ0n) is 9.75. The van der Waals surface area contributed by atoms with Crippen molar-refractivity contribution in [3.05, 3.63) is 52.7 Å². The zero-order valence-corrected chi connectivity index (χ0v) is 10.5. The second kappa shape index (κ2) is 4.65. The molecule has 0 radical (unpaired) electrons. The van der Waals surface area contributed by atoms with Crippen molar-refractivity contribution < 1.29 is 8.81 Å². The maximum atomic E-state index is 13.7. The smallest absolute Gasteiger partial charge is 0.147 e. The molecule has 1 aromatic carbocycles. The maximum absolute atomic E-state index is 13.7. The van der Waals surface area contributed by atoms with Crippen LogP contribution in [0, 0.1) is 5.82 Å². The van der Waals surface area contributed by atoms with Gasteiger partial charge in [0.1, 0.15) is 11.6 Å². The first kappa shape index (κ1) is 11.6. The van der Waals surface area contributed by atoms with E-state index < -0.39 is 0 Å². The van der Waals surface area contributed by atoms with Gasteiger partial charge in [0.05, 0.1) is 23.0 Å². The summed E-state index contributed by atoms with van der Waals surface area (Å²) in [5.74, 6) is 0.671. The quantitative estimate of drug-likeness (QED) is 0.861. The molecule has 0 fully saturated rings. The Bertz CT molecular complexity index is 546. The van der Waals surface area contributed by atoms with E-state index in [1.54, 1.807) is 18.4 Å². The van der Waals surface area contributed by atoms with Crippen LogP contribution in [0.15, 0.2) is 34.9 Å². The van der Waals surface area contributed by atoms with Crippen molar-refractivity contribution in [1.82, 2.24) is 0 Å². The van der Waals surface area contributed by atoms with Crippen molar-refractivity contribution in [2.45, 2.75) is 25.3 Å². The molecule has 0 saturated carbocycles. The molecular formula is C14H13ClFNO. The molecule has 2 aromatic rings. The molecule has 1 heterocycles. The van der Waals surface area contributed by atoms with Crippen LogP contribution in [0.3, 0.4) is 0 Å². The molecule has 94 valence electrons. The Hall–Kier alpha value is -1.48. The third-order valence-electron chi connectivity index (χ3n) is 3.33. The number of nitrogens with one attached hydrogen (secondary N) is 1. The highest BCUT2D eigenvalue weighted by molar-refractivity contribution is 6.33. The first-order valence-corrected chi connectivity index (χ1v) is 6.40. The van der Waals surface area contributed by atoms with Crippen molar-refractivity contribution in [1.29, 1.82) is 0 Å². The summed E-state index contributed by atoms with van der Waals surface area (Å²) in [6.07, 6.45) is 4.63. The number of anilines is 1. The fourth-order valence-electron chi connectivity index (χ4n) is 2.45. The first-order chi connectivity index (χ1) is 8.75. The summed E-state index contributed by atoms with van der Waals surface area (Å²) in [6, 6.07) is 6.72. The summed E-state index contributed by atoms with van der Waals surface area (Å²) in [7, 11) is 0. The van der Waals surface area contributed by atoms with Crippen LogP contribution in [0.2, 0.25) is 5.02 Å². The largest absolute Gasteiger partial charge is 0.469 e. The molecule has 0 amide bonds. The van der Waals surface area contributed by atoms with E-state index >= 15 is 0 Å². The number of hydrogen-bond acceptors (Lipinski definition) is 2. The minimum atomic E-state index is -0.321. The molecule has 0 aliphatic heterocycles. The Morgan fingerprint density at radius 2 is 2.22 bits per heavy atom. The Kier molecular flexibility index (Phi) is 3.00. The molecule has 1 atom stereocenters. The van der Waals surface area contributed by atoms with Gasteiger partial charge in [0, 0.05) is 12.0 Å². The fourth-order valence-corrected chi connectivity index (χ4v) is 2.66. The summed E-state index contributed by atoms with van der Waals surface area (Å²) in [5.41, 5.74) is 1.48. The first-order valence-electron chi connectivity index (χ1n) is 6.02. The number of furan rings is 1. The van der Waals surface area contributed by atoms with E-state index in [-0.39, 0.29) is 11.9 Å². The topological polar surface area (TPSA) is 25.2 Å². The summed E-state index contributed by atoms with van der Waals surface area (Å²) in [5, 5.41) is 3.60. The summed E-state index contributed by atoms with van der Waals surface area (Å²) in [6.45, 7) is 0. The van der Waals surface area contributed by atoms with Gasteiger partial charge in [-0.25, -0.2) is 4.39 Å². The minimum Gasteiger partial charge on any atom is -0.469 e. The minimum absolute atomic E-state index is 0.0712. The van der Waals surface area contributed by atoms with Crippen LogP contribution in [0.25, 0.3) is 0 Å². The highest BCUT2D eigenvalue weighted by Gasteiger charge is 2.23. The van der Waals surface area contributed by atoms with Crippen LogP contribution in [-0.4, -0.2) is 0 Å². The summed E-state index contributed by atoms with van der Waals surface area (Å²) >= 11 is 6.02. The lowest BCUT2D eigenvalue weighted by molar-refractivity contribution is 0.461. The lowest BCUT2D eigenvalue weighted by atomic mass is 9.93. The van der Waals surface area contributed by atoms with Gasteiger partial charge in [0.2, 0.25) is 0 Å². The van der Waals surface area contributed by atoms with Crippen LogP contribution in [-0.2, 0) is 6.42 Å². The molecule has 3 rings (SSSR count). The van der Waals surface area contributed by atoms with Gasteiger partial charge in [0.25, 0.3) is 0 Å². The van der Waals surface area contributed by atoms with E-state index in [9.17, 15) is 4.39 Å². The molecular weight excluding hydrogens is 253 g/mol. The van der Waals surface area contributed by atoms with Crippen molar-refractivity contribution >= 4 is 17.3 Å². The van der Waals surface area contributed by atoms with Crippen LogP contribution in [0.5, 0.6) is 0 Å². The van der Waals surface area contributed by atoms with Gasteiger partial charge in [-0.1, -0.05) is 17.7 Å². The van der Waals surface area contributed by atoms with Crippen LogP contribution < -0.4 is 5.32 Å². The lowest BCUT2D eigenvalue weighted by Gasteiger charge is -2.24. The van der Waals surface area contributed by atoms with Gasteiger partial charge in [0.15, 0.2) is 0 Å². The number of hydrogen-bond donors (Lipinski definition) is 1. The Morgan fingerprint density at radius 3 is 3.06 bits per heavy atom. The van der Waals surface area contributed by atoms with E-state index in [1.807, 2.05) is 6.07 Å². The van der Waals surface area contributed by atoms with Crippen LogP contribution >= 0.6 is 11.6 Å². The molecule has 0 saturated heterocycles. The molecule has 1 aliphatic rings. The van der Waals surface area contributed by atoms with E-state index in [1.165, 1.54) is 6.07 Å². The second-order valence-corrected chi connectivity index (χ2v) is 4.89. The van der Waals surface area contributed by atoms with Crippen LogP contribution in [0.4, 0.5) is 10.1 Å². The Morgan fingerprint density at radius 1 is 1.33 bits per heavy atom. The number of para-hydroxylation sites is 1. The average Bonchev–Trinajstić information content (AvgIpc) is 2.83. The van der Waals surface area contributed by atoms with Crippen molar-refractivity contribution in [3.63, 3.8) is 0 Å². The standard InChI is InChI=1S/C14H13ClFNO/c15-10-3-1-4-11(16)14(10)17-12-5-2-6-13-9(12)7-8-18-13/h1,3-4,7-8,12,17H,2,5-6H2. The SMILES string of the molecule is Fc1cccc(Cl)c1NC1CCCc2occc21. The van der Waals surface area contributed by atoms with Gasteiger partial charge in [-0.05, 0) is 31.0 Å². The maximum Gasteiger partial charge on any atom is 0.147 e. The van der Waals surface area contributed by atoms with E-state index in [2.05, 4.69) is 5.32 Å². The van der Waals surface area contributed by atoms with Gasteiger partial charge in [-0.15, -0.1) is 0 Å². The Labute approximate surface area is 110 Å². The van der Waals surface area contributed by atoms with Gasteiger partial charge in [-0.2, -0.15) is 0 Å². The van der Waals surface area contributed by atoms with Crippen molar-refractivity contribution in [3.8, 4) is 0 Å². The summed E-state index contributed by atoms with van der Waals surface area (Å²) < 4.78 is 19.2. The number of benzene rings is 1. The molecule has 4 heteroatoms. The number of halogens is 2. The Balaban J connectivity index is 1.91. The third-order valence-corrected chi connectivity index (χ3v) is 3.65. The third kappa shape index (κ3) is 1.99. The molecule has 2 nitrogen and oxygen atoms in total. The highest BCUT2D eigenvalue weighted by atomic mass is 35.5. The monoisotopic (exact) mass is 265 g/mol. The normalized spacial score (nSPS) is 18.4. The lowest BCUT2D eigenvalue weighted by Crippen LogP contribution is -2.16. The van der Waals surface area contributed by atoms with E-state index in [4.69, 9.17) is 16.0 Å². The molecule has 1 unspecified atom stereocenters. The zero-order chi connectivity index (χ0) is 12.5. The number of rotatable bonds is 2. The van der Waals surface area contributed by atoms with Gasteiger partial charge < -0.3 is 9.73 Å². The second-order valence-electron chi connectivity index (χ2n) is 4.48. The van der Waals surface area contributed by atoms with Crippen molar-refractivity contribution in [2.24, 2.45) is 0 Å². The molecule has 0 bridgehead atoms. The predicted molar refractivity (Wildman–Crippen MR) is 69.4 cm³/mol. The fraction of sp³-hybridized carbons (Fsp3) is 0.286. The molecule has 0 spiro atoms. The molecule has 1 N–H and O–H groups in total. The number of fused-ring (bicyclic) bond motifs is 1. The van der Waals surface area contributed by atoms with E-state index in [0.29, 0.717) is 10.7 Å². The average molecular weight is 266 g/mol. The summed E-state index contributed by atoms with van der Waals surface area (Å²) in [4.78, 5) is 0. The molecule has 1 aromatic heterocycles. The van der Waals surface area contributed by atoms with E-state index in [0.717, 1.165) is 30.6 Å².